The number of halogens is 1. The molecule has 4 rings (SSSR count). The summed E-state index contributed by atoms with van der Waals surface area (Å²) in [5.41, 5.74) is 3.76. The van der Waals surface area contributed by atoms with E-state index in [4.69, 9.17) is 4.99 Å². The summed E-state index contributed by atoms with van der Waals surface area (Å²) in [4.78, 5) is 18.4. The Labute approximate surface area is 165 Å². The highest BCUT2D eigenvalue weighted by Gasteiger charge is 2.33. The van der Waals surface area contributed by atoms with Crippen LogP contribution in [0.1, 0.15) is 22.7 Å². The van der Waals surface area contributed by atoms with Gasteiger partial charge in [-0.2, -0.15) is 0 Å². The number of benzene rings is 3. The Morgan fingerprint density at radius 3 is 2.33 bits per heavy atom. The minimum atomic E-state index is -0.891. The number of aliphatic carboxylic acids is 1. The van der Waals surface area contributed by atoms with Crippen LogP contribution in [0.5, 0.6) is 0 Å². The SMILES string of the molecule is O=C(O)CN1C(c2ccccc2)=Nc2ccc(Br)cc2[C@H]1c1ccccc1. The van der Waals surface area contributed by atoms with E-state index in [1.54, 1.807) is 0 Å². The molecule has 27 heavy (non-hydrogen) atoms. The molecule has 1 heterocycles. The van der Waals surface area contributed by atoms with Crippen molar-refractivity contribution in [1.82, 2.24) is 4.90 Å². The molecule has 5 heteroatoms. The van der Waals surface area contributed by atoms with Gasteiger partial charge in [0.25, 0.3) is 0 Å². The van der Waals surface area contributed by atoms with E-state index in [1.165, 1.54) is 0 Å². The van der Waals surface area contributed by atoms with Crippen LogP contribution in [0.2, 0.25) is 0 Å². The van der Waals surface area contributed by atoms with E-state index in [0.717, 1.165) is 26.9 Å². The molecule has 0 radical (unpaired) electrons. The highest BCUT2D eigenvalue weighted by atomic mass is 79.9. The van der Waals surface area contributed by atoms with E-state index >= 15 is 0 Å². The zero-order chi connectivity index (χ0) is 18.8. The molecule has 1 N–H and O–H groups in total. The summed E-state index contributed by atoms with van der Waals surface area (Å²) in [7, 11) is 0. The molecule has 1 aliphatic heterocycles. The molecule has 4 nitrogen and oxygen atoms in total. The predicted molar refractivity (Wildman–Crippen MR) is 109 cm³/mol. The zero-order valence-corrected chi connectivity index (χ0v) is 16.0. The third-order valence-electron chi connectivity index (χ3n) is 4.55. The van der Waals surface area contributed by atoms with Gasteiger partial charge in [-0.15, -0.1) is 0 Å². The lowest BCUT2D eigenvalue weighted by Crippen LogP contribution is -2.41. The normalized spacial score (nSPS) is 15.8. The van der Waals surface area contributed by atoms with Crippen molar-refractivity contribution in [2.24, 2.45) is 4.99 Å². The zero-order valence-electron chi connectivity index (χ0n) is 14.4. The Balaban J connectivity index is 1.96. The number of carboxylic acids is 1. The molecule has 0 bridgehead atoms. The van der Waals surface area contributed by atoms with Crippen molar-refractivity contribution < 1.29 is 9.90 Å². The van der Waals surface area contributed by atoms with Crippen LogP contribution in [0.15, 0.2) is 88.3 Å². The highest BCUT2D eigenvalue weighted by molar-refractivity contribution is 9.10. The van der Waals surface area contributed by atoms with E-state index in [2.05, 4.69) is 15.9 Å². The molecule has 0 aromatic heterocycles. The lowest BCUT2D eigenvalue weighted by atomic mass is 9.93. The summed E-state index contributed by atoms with van der Waals surface area (Å²) in [5, 5.41) is 9.59. The molecule has 0 saturated carbocycles. The molecule has 0 aliphatic carbocycles. The fourth-order valence-electron chi connectivity index (χ4n) is 3.44. The first-order valence-electron chi connectivity index (χ1n) is 8.60. The minimum Gasteiger partial charge on any atom is -0.480 e. The average molecular weight is 421 g/mol. The molecule has 3 aromatic rings. The number of nitrogens with zero attached hydrogens (tertiary/aromatic N) is 2. The van der Waals surface area contributed by atoms with Crippen LogP contribution in [0, 0.1) is 0 Å². The molecular weight excluding hydrogens is 404 g/mol. The Hall–Kier alpha value is -2.92. The number of rotatable bonds is 4. The van der Waals surface area contributed by atoms with Gasteiger partial charge in [-0.25, -0.2) is 4.99 Å². The van der Waals surface area contributed by atoms with Gasteiger partial charge >= 0.3 is 5.97 Å². The van der Waals surface area contributed by atoms with Crippen LogP contribution in [0.3, 0.4) is 0 Å². The molecule has 0 spiro atoms. The van der Waals surface area contributed by atoms with Gasteiger partial charge in [-0.05, 0) is 23.8 Å². The average Bonchev–Trinajstić information content (AvgIpc) is 2.68. The number of hydrogen-bond donors (Lipinski definition) is 1. The van der Waals surface area contributed by atoms with Gasteiger partial charge in [0.05, 0.1) is 11.7 Å². The summed E-state index contributed by atoms with van der Waals surface area (Å²) in [6, 6.07) is 25.4. The van der Waals surface area contributed by atoms with Crippen molar-refractivity contribution in [3.8, 4) is 0 Å². The van der Waals surface area contributed by atoms with Gasteiger partial charge < -0.3 is 10.0 Å². The standard InChI is InChI=1S/C22H17BrN2O2/c23-17-11-12-19-18(13-17)21(15-7-3-1-4-8-15)25(14-20(26)27)22(24-19)16-9-5-2-6-10-16/h1-13,21H,14H2,(H,26,27)/t21-/m1/s1. The first-order chi connectivity index (χ1) is 13.1. The summed E-state index contributed by atoms with van der Waals surface area (Å²) >= 11 is 3.54. The van der Waals surface area contributed by atoms with Crippen LogP contribution in [0.25, 0.3) is 0 Å². The van der Waals surface area contributed by atoms with Gasteiger partial charge in [-0.1, -0.05) is 76.6 Å². The van der Waals surface area contributed by atoms with Crippen molar-refractivity contribution >= 4 is 33.4 Å². The number of carbonyl (C=O) groups is 1. The number of carboxylic acid groups (broad SMARTS) is 1. The van der Waals surface area contributed by atoms with Crippen LogP contribution >= 0.6 is 15.9 Å². The van der Waals surface area contributed by atoms with Gasteiger partial charge in [0.1, 0.15) is 12.4 Å². The maximum absolute atomic E-state index is 11.7. The van der Waals surface area contributed by atoms with Gasteiger partial charge in [0.2, 0.25) is 0 Å². The second-order valence-corrected chi connectivity index (χ2v) is 7.26. The monoisotopic (exact) mass is 420 g/mol. The van der Waals surface area contributed by atoms with Crippen molar-refractivity contribution in [2.75, 3.05) is 6.54 Å². The van der Waals surface area contributed by atoms with E-state index in [1.807, 2.05) is 83.8 Å². The molecule has 0 fully saturated rings. The molecule has 0 unspecified atom stereocenters. The number of hydrogen-bond acceptors (Lipinski definition) is 3. The second kappa shape index (κ2) is 7.37. The van der Waals surface area contributed by atoms with Crippen LogP contribution in [-0.2, 0) is 4.79 Å². The maximum Gasteiger partial charge on any atom is 0.323 e. The molecule has 1 atom stereocenters. The Morgan fingerprint density at radius 2 is 1.67 bits per heavy atom. The van der Waals surface area contributed by atoms with E-state index < -0.39 is 5.97 Å². The Morgan fingerprint density at radius 1 is 1.00 bits per heavy atom. The smallest absolute Gasteiger partial charge is 0.323 e. The first kappa shape index (κ1) is 17.5. The molecule has 1 aliphatic rings. The molecular formula is C22H17BrN2O2. The van der Waals surface area contributed by atoms with E-state index in [0.29, 0.717) is 5.84 Å². The summed E-state index contributed by atoms with van der Waals surface area (Å²) in [6.07, 6.45) is 0. The van der Waals surface area contributed by atoms with E-state index in [-0.39, 0.29) is 12.6 Å². The number of aliphatic imine (C=N–C) groups is 1. The minimum absolute atomic E-state index is 0.140. The third-order valence-corrected chi connectivity index (χ3v) is 5.04. The Kier molecular flexibility index (Phi) is 4.77. The topological polar surface area (TPSA) is 52.9 Å². The second-order valence-electron chi connectivity index (χ2n) is 6.34. The molecule has 0 saturated heterocycles. The Bertz CT molecular complexity index is 1000. The molecule has 134 valence electrons. The van der Waals surface area contributed by atoms with Crippen molar-refractivity contribution in [3.05, 3.63) is 100 Å². The fraction of sp³-hybridized carbons (Fsp3) is 0.0909. The van der Waals surface area contributed by atoms with Crippen molar-refractivity contribution in [3.63, 3.8) is 0 Å². The predicted octanol–water partition coefficient (Wildman–Crippen LogP) is 5.02. The third kappa shape index (κ3) is 3.51. The lowest BCUT2D eigenvalue weighted by Gasteiger charge is -2.38. The molecule has 3 aromatic carbocycles. The van der Waals surface area contributed by atoms with Gasteiger partial charge in [0, 0.05) is 15.6 Å². The van der Waals surface area contributed by atoms with Crippen molar-refractivity contribution in [1.29, 1.82) is 0 Å². The van der Waals surface area contributed by atoms with Gasteiger partial charge in [0.15, 0.2) is 0 Å². The number of amidine groups is 1. The van der Waals surface area contributed by atoms with Crippen LogP contribution in [0.4, 0.5) is 5.69 Å². The summed E-state index contributed by atoms with van der Waals surface area (Å²) in [5.74, 6) is -0.223. The molecule has 0 amide bonds. The van der Waals surface area contributed by atoms with E-state index in [9.17, 15) is 9.90 Å². The maximum atomic E-state index is 11.7. The quantitative estimate of drug-likeness (QED) is 0.644. The number of fused-ring (bicyclic) bond motifs is 1. The lowest BCUT2D eigenvalue weighted by molar-refractivity contribution is -0.137. The van der Waals surface area contributed by atoms with Crippen LogP contribution < -0.4 is 0 Å². The largest absolute Gasteiger partial charge is 0.480 e. The first-order valence-corrected chi connectivity index (χ1v) is 9.40. The summed E-state index contributed by atoms with van der Waals surface area (Å²) in [6.45, 7) is -0.140. The fourth-order valence-corrected chi connectivity index (χ4v) is 3.82. The van der Waals surface area contributed by atoms with Crippen LogP contribution in [-0.4, -0.2) is 28.4 Å². The summed E-state index contributed by atoms with van der Waals surface area (Å²) < 4.78 is 0.941. The van der Waals surface area contributed by atoms with Gasteiger partial charge in [-0.3, -0.25) is 4.79 Å². The van der Waals surface area contributed by atoms with Crippen molar-refractivity contribution in [2.45, 2.75) is 6.04 Å². The highest BCUT2D eigenvalue weighted by Crippen LogP contribution is 2.41.